The second kappa shape index (κ2) is 8.37. The number of methoxy groups -OCH3 is 1. The van der Waals surface area contributed by atoms with E-state index in [9.17, 15) is 19.5 Å². The fourth-order valence-corrected chi connectivity index (χ4v) is 5.06. The molecule has 0 fully saturated rings. The van der Waals surface area contributed by atoms with Gasteiger partial charge in [-0.3, -0.25) is 14.4 Å². The highest BCUT2D eigenvalue weighted by Gasteiger charge is 2.35. The van der Waals surface area contributed by atoms with Gasteiger partial charge in [-0.2, -0.15) is 0 Å². The molecule has 0 amide bonds. The quantitative estimate of drug-likeness (QED) is 0.291. The molecule has 3 heterocycles. The Hall–Kier alpha value is -4.85. The van der Waals surface area contributed by atoms with Crippen molar-refractivity contribution >= 4 is 27.8 Å². The average Bonchev–Trinajstić information content (AvgIpc) is 2.90. The number of nitrogens with zero attached hydrogens (tertiary/aromatic N) is 1. The number of aryl methyl sites for hydroxylation is 1. The minimum atomic E-state index is -0.738. The monoisotopic (exact) mass is 495 g/mol. The molecule has 0 saturated heterocycles. The van der Waals surface area contributed by atoms with Gasteiger partial charge in [-0.1, -0.05) is 30.3 Å². The van der Waals surface area contributed by atoms with Gasteiger partial charge in [0, 0.05) is 30.2 Å². The van der Waals surface area contributed by atoms with E-state index in [1.54, 1.807) is 44.5 Å². The summed E-state index contributed by atoms with van der Waals surface area (Å²) in [5.41, 5.74) is 1.67. The van der Waals surface area contributed by atoms with Gasteiger partial charge in [-0.05, 0) is 35.2 Å². The standard InChI is InChI=1S/C29H21NO7/c1-30-21-6-4-3-5-16(21)11-19(29(30)34)18-12-24(32)37-23-13-22(31)26-27(33)20(14-36-28(26)25(18)23)15-7-9-17(35-2)10-8-15/h3-11,13-14,18,31H,12H2,1-2H3/t18-/m1/s1. The number of phenols is 1. The van der Waals surface area contributed by atoms with Crippen molar-refractivity contribution in [3.63, 3.8) is 0 Å². The largest absolute Gasteiger partial charge is 0.507 e. The number of aromatic hydroxyl groups is 1. The summed E-state index contributed by atoms with van der Waals surface area (Å²) in [6, 6.07) is 17.3. The molecule has 8 nitrogen and oxygen atoms in total. The second-order valence-corrected chi connectivity index (χ2v) is 8.97. The zero-order valence-electron chi connectivity index (χ0n) is 20.0. The third kappa shape index (κ3) is 3.48. The number of benzene rings is 3. The van der Waals surface area contributed by atoms with Crippen LogP contribution in [-0.2, 0) is 11.8 Å². The summed E-state index contributed by atoms with van der Waals surface area (Å²) in [5, 5.41) is 11.6. The number of fused-ring (bicyclic) bond motifs is 4. The number of esters is 1. The number of aromatic nitrogens is 1. The van der Waals surface area contributed by atoms with Gasteiger partial charge in [-0.25, -0.2) is 0 Å². The number of hydrogen-bond acceptors (Lipinski definition) is 7. The number of para-hydroxylation sites is 1. The third-order valence-electron chi connectivity index (χ3n) is 6.91. The molecule has 0 aliphatic carbocycles. The van der Waals surface area contributed by atoms with Crippen molar-refractivity contribution < 1.29 is 23.8 Å². The summed E-state index contributed by atoms with van der Waals surface area (Å²) in [7, 11) is 3.22. The number of rotatable bonds is 3. The van der Waals surface area contributed by atoms with Crippen LogP contribution in [0.1, 0.15) is 23.5 Å². The topological polar surface area (TPSA) is 108 Å². The van der Waals surface area contributed by atoms with Crippen LogP contribution in [0.15, 0.2) is 80.9 Å². The van der Waals surface area contributed by atoms with E-state index in [2.05, 4.69) is 0 Å². The van der Waals surface area contributed by atoms with Gasteiger partial charge in [0.05, 0.1) is 24.6 Å². The summed E-state index contributed by atoms with van der Waals surface area (Å²) in [5.74, 6) is -0.978. The molecule has 0 bridgehead atoms. The lowest BCUT2D eigenvalue weighted by Gasteiger charge is -2.26. The van der Waals surface area contributed by atoms with Crippen LogP contribution in [0, 0.1) is 0 Å². The molecule has 1 aliphatic rings. The Labute approximate surface area is 209 Å². The summed E-state index contributed by atoms with van der Waals surface area (Å²) in [4.78, 5) is 39.5. The highest BCUT2D eigenvalue weighted by atomic mass is 16.5. The van der Waals surface area contributed by atoms with E-state index >= 15 is 0 Å². The number of pyridine rings is 1. The molecule has 1 N–H and O–H groups in total. The van der Waals surface area contributed by atoms with E-state index in [1.807, 2.05) is 24.3 Å². The molecular weight excluding hydrogens is 474 g/mol. The fraction of sp³-hybridized carbons (Fsp3) is 0.138. The van der Waals surface area contributed by atoms with Gasteiger partial charge in [0.1, 0.15) is 34.5 Å². The Kier molecular flexibility index (Phi) is 5.12. The maximum atomic E-state index is 13.6. The normalized spacial score (nSPS) is 15.0. The Bertz CT molecular complexity index is 1850. The highest BCUT2D eigenvalue weighted by molar-refractivity contribution is 5.94. The molecule has 1 atom stereocenters. The first kappa shape index (κ1) is 22.6. The van der Waals surface area contributed by atoms with Crippen LogP contribution in [0.25, 0.3) is 33.0 Å². The predicted octanol–water partition coefficient (Wildman–Crippen LogP) is 4.47. The zero-order valence-corrected chi connectivity index (χ0v) is 20.0. The lowest BCUT2D eigenvalue weighted by molar-refractivity contribution is -0.135. The number of carbonyl (C=O) groups is 1. The molecule has 5 aromatic rings. The summed E-state index contributed by atoms with van der Waals surface area (Å²) >= 11 is 0. The molecule has 1 aliphatic heterocycles. The molecule has 0 spiro atoms. The lowest BCUT2D eigenvalue weighted by Crippen LogP contribution is -2.29. The van der Waals surface area contributed by atoms with Crippen LogP contribution >= 0.6 is 0 Å². The molecular formula is C29H21NO7. The first-order valence-corrected chi connectivity index (χ1v) is 11.6. The molecule has 2 aromatic heterocycles. The fourth-order valence-electron chi connectivity index (χ4n) is 5.06. The van der Waals surface area contributed by atoms with E-state index in [0.29, 0.717) is 22.4 Å². The van der Waals surface area contributed by atoms with Crippen LogP contribution in [0.5, 0.6) is 17.2 Å². The minimum absolute atomic E-state index is 0.0485. The molecule has 37 heavy (non-hydrogen) atoms. The first-order valence-electron chi connectivity index (χ1n) is 11.6. The Balaban J connectivity index is 1.62. The number of carbonyl (C=O) groups excluding carboxylic acids is 1. The molecule has 0 radical (unpaired) electrons. The average molecular weight is 495 g/mol. The van der Waals surface area contributed by atoms with E-state index in [1.165, 1.54) is 16.9 Å². The maximum absolute atomic E-state index is 13.6. The summed E-state index contributed by atoms with van der Waals surface area (Å²) in [6.07, 6.45) is 1.20. The van der Waals surface area contributed by atoms with Crippen LogP contribution in [-0.4, -0.2) is 22.8 Å². The van der Waals surface area contributed by atoms with E-state index in [0.717, 1.165) is 10.9 Å². The van der Waals surface area contributed by atoms with Crippen LogP contribution in [0.3, 0.4) is 0 Å². The van der Waals surface area contributed by atoms with Crippen LogP contribution < -0.4 is 20.5 Å². The van der Waals surface area contributed by atoms with E-state index < -0.39 is 17.3 Å². The SMILES string of the molecule is COc1ccc(-c2coc3c4c(cc(O)c3c2=O)OC(=O)C[C@@H]4c2cc3ccccc3n(C)c2=O)cc1. The van der Waals surface area contributed by atoms with Gasteiger partial charge in [0.2, 0.25) is 5.43 Å². The Morgan fingerprint density at radius 1 is 1.03 bits per heavy atom. The molecule has 184 valence electrons. The molecule has 8 heteroatoms. The van der Waals surface area contributed by atoms with Crippen molar-refractivity contribution in [2.24, 2.45) is 7.05 Å². The van der Waals surface area contributed by atoms with Gasteiger partial charge < -0.3 is 23.6 Å². The smallest absolute Gasteiger partial charge is 0.312 e. The van der Waals surface area contributed by atoms with Gasteiger partial charge >= 0.3 is 5.97 Å². The van der Waals surface area contributed by atoms with E-state index in [4.69, 9.17) is 13.9 Å². The maximum Gasteiger partial charge on any atom is 0.312 e. The summed E-state index contributed by atoms with van der Waals surface area (Å²) in [6.45, 7) is 0. The number of phenolic OH excluding ortho intramolecular Hbond substituents is 1. The lowest BCUT2D eigenvalue weighted by atomic mass is 9.85. The van der Waals surface area contributed by atoms with Gasteiger partial charge in [0.15, 0.2) is 0 Å². The minimum Gasteiger partial charge on any atom is -0.507 e. The number of hydrogen-bond donors (Lipinski definition) is 1. The van der Waals surface area contributed by atoms with Crippen molar-refractivity contribution in [2.75, 3.05) is 7.11 Å². The molecule has 3 aromatic carbocycles. The van der Waals surface area contributed by atoms with Crippen molar-refractivity contribution in [3.05, 3.63) is 98.6 Å². The Morgan fingerprint density at radius 3 is 2.54 bits per heavy atom. The van der Waals surface area contributed by atoms with Gasteiger partial charge in [-0.15, -0.1) is 0 Å². The zero-order chi connectivity index (χ0) is 25.8. The molecule has 0 saturated carbocycles. The van der Waals surface area contributed by atoms with Gasteiger partial charge in [0.25, 0.3) is 5.56 Å². The van der Waals surface area contributed by atoms with Crippen molar-refractivity contribution in [1.82, 2.24) is 4.57 Å². The predicted molar refractivity (Wildman–Crippen MR) is 137 cm³/mol. The molecule has 0 unspecified atom stereocenters. The molecule has 6 rings (SSSR count). The van der Waals surface area contributed by atoms with E-state index in [-0.39, 0.29) is 40.0 Å². The van der Waals surface area contributed by atoms with Crippen molar-refractivity contribution in [1.29, 1.82) is 0 Å². The Morgan fingerprint density at radius 2 is 1.78 bits per heavy atom. The third-order valence-corrected chi connectivity index (χ3v) is 6.91. The summed E-state index contributed by atoms with van der Waals surface area (Å²) < 4.78 is 18.1. The highest BCUT2D eigenvalue weighted by Crippen LogP contribution is 2.45. The van der Waals surface area contributed by atoms with Crippen LogP contribution in [0.2, 0.25) is 0 Å². The number of ether oxygens (including phenoxy) is 2. The van der Waals surface area contributed by atoms with Crippen LogP contribution in [0.4, 0.5) is 0 Å². The van der Waals surface area contributed by atoms with Crippen molar-refractivity contribution in [3.8, 4) is 28.4 Å². The second-order valence-electron chi connectivity index (χ2n) is 8.97. The first-order chi connectivity index (χ1) is 17.9. The van der Waals surface area contributed by atoms with Crippen molar-refractivity contribution in [2.45, 2.75) is 12.3 Å².